The number of likely N-dealkylation sites (tertiary alicyclic amines) is 1. The van der Waals surface area contributed by atoms with Crippen molar-refractivity contribution in [2.45, 2.75) is 38.6 Å². The average Bonchev–Trinajstić information content (AvgIpc) is 3.72. The average molecular weight is 489 g/mol. The molecule has 3 aromatic rings. The van der Waals surface area contributed by atoms with Gasteiger partial charge in [0.25, 0.3) is 5.91 Å². The van der Waals surface area contributed by atoms with Crippen molar-refractivity contribution in [2.24, 2.45) is 11.3 Å². The highest BCUT2D eigenvalue weighted by molar-refractivity contribution is 5.95. The Kier molecular flexibility index (Phi) is 6.86. The van der Waals surface area contributed by atoms with Gasteiger partial charge in [-0.2, -0.15) is 0 Å². The van der Waals surface area contributed by atoms with Crippen LogP contribution in [0.4, 0.5) is 8.78 Å². The minimum absolute atomic E-state index is 0.0348. The number of benzene rings is 3. The maximum absolute atomic E-state index is 13.4. The Morgan fingerprint density at radius 2 is 1.33 bits per heavy atom. The molecule has 6 heteroatoms. The quantitative estimate of drug-likeness (QED) is 0.445. The predicted molar refractivity (Wildman–Crippen MR) is 135 cm³/mol. The topological polar surface area (TPSA) is 49.4 Å². The summed E-state index contributed by atoms with van der Waals surface area (Å²) in [6.45, 7) is 1.44. The number of hydrogen-bond acceptors (Lipinski definition) is 2. The van der Waals surface area contributed by atoms with Crippen LogP contribution in [0.15, 0.2) is 72.8 Å². The zero-order valence-corrected chi connectivity index (χ0v) is 20.2. The lowest BCUT2D eigenvalue weighted by Crippen LogP contribution is -2.50. The maximum Gasteiger partial charge on any atom is 0.253 e. The highest BCUT2D eigenvalue weighted by atomic mass is 19.1. The van der Waals surface area contributed by atoms with E-state index >= 15 is 0 Å². The van der Waals surface area contributed by atoms with Gasteiger partial charge in [0.05, 0.1) is 5.41 Å². The van der Waals surface area contributed by atoms with E-state index in [2.05, 4.69) is 5.32 Å². The molecule has 0 bridgehead atoms. The first-order valence-electron chi connectivity index (χ1n) is 12.6. The molecule has 4 nitrogen and oxygen atoms in total. The molecule has 36 heavy (non-hydrogen) atoms. The number of nitrogens with zero attached hydrogens (tertiary/aromatic N) is 1. The summed E-state index contributed by atoms with van der Waals surface area (Å²) in [5.41, 5.74) is 2.82. The number of rotatable bonds is 7. The summed E-state index contributed by atoms with van der Waals surface area (Å²) < 4.78 is 26.4. The predicted octanol–water partition coefficient (Wildman–Crippen LogP) is 5.97. The minimum Gasteiger partial charge on any atom is -0.352 e. The van der Waals surface area contributed by atoms with Crippen LogP contribution in [0.1, 0.15) is 48.0 Å². The second kappa shape index (κ2) is 10.2. The normalized spacial score (nSPS) is 17.0. The van der Waals surface area contributed by atoms with E-state index in [9.17, 15) is 18.4 Å². The van der Waals surface area contributed by atoms with E-state index in [-0.39, 0.29) is 23.4 Å². The Hall–Kier alpha value is -3.54. The third kappa shape index (κ3) is 5.48. The van der Waals surface area contributed by atoms with Crippen LogP contribution in [0.3, 0.4) is 0 Å². The highest BCUT2D eigenvalue weighted by Gasteiger charge is 2.45. The first kappa shape index (κ1) is 24.2. The molecule has 0 atom stereocenters. The van der Waals surface area contributed by atoms with Crippen molar-refractivity contribution in [2.75, 3.05) is 13.1 Å². The summed E-state index contributed by atoms with van der Waals surface area (Å²) in [5.74, 6) is 0.0136. The van der Waals surface area contributed by atoms with Crippen molar-refractivity contribution in [1.29, 1.82) is 0 Å². The van der Waals surface area contributed by atoms with Crippen LogP contribution >= 0.6 is 0 Å². The fourth-order valence-corrected chi connectivity index (χ4v) is 5.14. The third-order valence-electron chi connectivity index (χ3n) is 7.54. The monoisotopic (exact) mass is 488 g/mol. The molecule has 2 aliphatic rings. The van der Waals surface area contributed by atoms with Gasteiger partial charge in [-0.25, -0.2) is 8.78 Å². The van der Waals surface area contributed by atoms with Gasteiger partial charge in [0.1, 0.15) is 11.6 Å². The number of nitrogens with one attached hydrogen (secondary N) is 1. The zero-order valence-electron chi connectivity index (χ0n) is 20.2. The molecule has 0 aromatic heterocycles. The van der Waals surface area contributed by atoms with Gasteiger partial charge in [-0.3, -0.25) is 9.59 Å². The van der Waals surface area contributed by atoms with Crippen molar-refractivity contribution < 1.29 is 18.4 Å². The smallest absolute Gasteiger partial charge is 0.253 e. The van der Waals surface area contributed by atoms with Crippen molar-refractivity contribution in [3.05, 3.63) is 95.6 Å². The van der Waals surface area contributed by atoms with Crippen molar-refractivity contribution in [1.82, 2.24) is 10.2 Å². The zero-order chi connectivity index (χ0) is 25.1. The minimum atomic E-state index is -0.468. The lowest BCUT2D eigenvalue weighted by Gasteiger charge is -2.41. The molecule has 5 rings (SSSR count). The molecule has 3 aromatic carbocycles. The Bertz CT molecular complexity index is 1210. The Labute approximate surface area is 210 Å². The number of hydrogen-bond donors (Lipinski definition) is 1. The molecule has 1 aliphatic carbocycles. The molecule has 1 saturated heterocycles. The Morgan fingerprint density at radius 1 is 0.806 bits per heavy atom. The summed E-state index contributed by atoms with van der Waals surface area (Å²) in [5, 5.41) is 3.07. The molecular formula is C30H30F2N2O2. The Balaban J connectivity index is 1.22. The van der Waals surface area contributed by atoms with Gasteiger partial charge in [0.2, 0.25) is 5.91 Å². The largest absolute Gasteiger partial charge is 0.352 e. The number of carbonyl (C=O) groups is 2. The summed E-state index contributed by atoms with van der Waals surface area (Å²) in [6, 6.07) is 19.8. The molecule has 1 heterocycles. The molecule has 186 valence electrons. The van der Waals surface area contributed by atoms with Crippen molar-refractivity contribution >= 4 is 11.8 Å². The first-order valence-corrected chi connectivity index (χ1v) is 12.6. The second-order valence-corrected chi connectivity index (χ2v) is 10.1. The lowest BCUT2D eigenvalue weighted by molar-refractivity contribution is -0.134. The fraction of sp³-hybridized carbons (Fsp3) is 0.333. The van der Waals surface area contributed by atoms with E-state index in [0.29, 0.717) is 44.0 Å². The van der Waals surface area contributed by atoms with Crippen LogP contribution in [-0.4, -0.2) is 29.8 Å². The molecule has 1 aliphatic heterocycles. The van der Waals surface area contributed by atoms with Gasteiger partial charge in [0, 0.05) is 25.2 Å². The Morgan fingerprint density at radius 3 is 1.89 bits per heavy atom. The number of carbonyl (C=O) groups excluding carboxylic acids is 2. The second-order valence-electron chi connectivity index (χ2n) is 10.1. The van der Waals surface area contributed by atoms with Crippen LogP contribution in [0, 0.1) is 23.0 Å². The van der Waals surface area contributed by atoms with Crippen LogP contribution in [-0.2, 0) is 11.3 Å². The lowest BCUT2D eigenvalue weighted by atomic mass is 9.73. The van der Waals surface area contributed by atoms with Crippen LogP contribution in [0.2, 0.25) is 0 Å². The van der Waals surface area contributed by atoms with E-state index in [4.69, 9.17) is 0 Å². The standard InChI is InChI=1S/C30H30F2N2O2/c31-26-11-3-22(4-12-26)20-33-29(36)30(19-21-1-2-21)15-17-34(18-16-30)28(35)25-7-5-23(6-8-25)24-9-13-27(32)14-10-24/h3-14,21H,1-2,15-20H2,(H,33,36). The van der Waals surface area contributed by atoms with E-state index < -0.39 is 5.41 Å². The van der Waals surface area contributed by atoms with Crippen LogP contribution < -0.4 is 5.32 Å². The van der Waals surface area contributed by atoms with E-state index in [0.717, 1.165) is 36.0 Å². The van der Waals surface area contributed by atoms with Gasteiger partial charge in [0.15, 0.2) is 0 Å². The van der Waals surface area contributed by atoms with E-state index in [1.807, 2.05) is 29.2 Å². The fourth-order valence-electron chi connectivity index (χ4n) is 5.14. The molecule has 0 radical (unpaired) electrons. The van der Waals surface area contributed by atoms with Crippen molar-refractivity contribution in [3.63, 3.8) is 0 Å². The number of piperidine rings is 1. The SMILES string of the molecule is O=C(c1ccc(-c2ccc(F)cc2)cc1)N1CCC(CC2CC2)(C(=O)NCc2ccc(F)cc2)CC1. The first-order chi connectivity index (χ1) is 17.4. The van der Waals surface area contributed by atoms with Gasteiger partial charge < -0.3 is 10.2 Å². The summed E-state index contributed by atoms with van der Waals surface area (Å²) in [6.07, 6.45) is 4.46. The summed E-state index contributed by atoms with van der Waals surface area (Å²) >= 11 is 0. The van der Waals surface area contributed by atoms with Gasteiger partial charge in [-0.1, -0.05) is 49.2 Å². The molecule has 2 amide bonds. The number of amides is 2. The van der Waals surface area contributed by atoms with Crippen molar-refractivity contribution in [3.8, 4) is 11.1 Å². The molecule has 1 saturated carbocycles. The maximum atomic E-state index is 13.4. The molecule has 0 unspecified atom stereocenters. The van der Waals surface area contributed by atoms with Crippen LogP contribution in [0.25, 0.3) is 11.1 Å². The molecule has 2 fully saturated rings. The van der Waals surface area contributed by atoms with Gasteiger partial charge in [-0.05, 0) is 78.3 Å². The third-order valence-corrected chi connectivity index (χ3v) is 7.54. The van der Waals surface area contributed by atoms with E-state index in [1.165, 1.54) is 24.3 Å². The van der Waals surface area contributed by atoms with Gasteiger partial charge >= 0.3 is 0 Å². The number of halogens is 2. The van der Waals surface area contributed by atoms with Gasteiger partial charge in [-0.15, -0.1) is 0 Å². The highest BCUT2D eigenvalue weighted by Crippen LogP contribution is 2.46. The summed E-state index contributed by atoms with van der Waals surface area (Å²) in [4.78, 5) is 28.4. The molecule has 1 N–H and O–H groups in total. The molecular weight excluding hydrogens is 458 g/mol. The van der Waals surface area contributed by atoms with Crippen LogP contribution in [0.5, 0.6) is 0 Å². The summed E-state index contributed by atoms with van der Waals surface area (Å²) in [7, 11) is 0. The van der Waals surface area contributed by atoms with E-state index in [1.54, 1.807) is 24.3 Å². The molecule has 0 spiro atoms.